The van der Waals surface area contributed by atoms with Crippen molar-refractivity contribution < 1.29 is 13.2 Å². The number of hydrogen-bond donors (Lipinski definition) is 0. The first-order valence-electron chi connectivity index (χ1n) is 8.85. The van der Waals surface area contributed by atoms with Crippen LogP contribution in [0.2, 0.25) is 0 Å². The number of aryl methyl sites for hydroxylation is 1. The number of thiophene rings is 1. The van der Waals surface area contributed by atoms with Crippen LogP contribution >= 0.6 is 11.3 Å². The van der Waals surface area contributed by atoms with Crippen LogP contribution in [0.1, 0.15) is 16.8 Å². The first kappa shape index (κ1) is 18.2. The summed E-state index contributed by atoms with van der Waals surface area (Å²) in [6.45, 7) is 1.70. The molecule has 6 nitrogen and oxygen atoms in total. The van der Waals surface area contributed by atoms with Crippen molar-refractivity contribution in [3.8, 4) is 0 Å². The fourth-order valence-corrected chi connectivity index (χ4v) is 6.17. The molecule has 0 atom stereocenters. The number of benzene rings is 1. The maximum atomic E-state index is 13.1. The zero-order valence-corrected chi connectivity index (χ0v) is 16.7. The van der Waals surface area contributed by atoms with Gasteiger partial charge in [-0.2, -0.15) is 4.31 Å². The minimum absolute atomic E-state index is 0.0397. The second-order valence-electron chi connectivity index (χ2n) is 6.65. The number of sulfonamides is 1. The van der Waals surface area contributed by atoms with E-state index in [1.807, 2.05) is 42.1 Å². The van der Waals surface area contributed by atoms with E-state index < -0.39 is 10.0 Å². The van der Waals surface area contributed by atoms with Gasteiger partial charge >= 0.3 is 0 Å². The lowest BCUT2D eigenvalue weighted by Crippen LogP contribution is -2.37. The summed E-state index contributed by atoms with van der Waals surface area (Å²) in [5.74, 6) is -0.0397. The highest BCUT2D eigenvalue weighted by molar-refractivity contribution is 7.91. The van der Waals surface area contributed by atoms with E-state index >= 15 is 0 Å². The average Bonchev–Trinajstić information content (AvgIpc) is 3.24. The van der Waals surface area contributed by atoms with Gasteiger partial charge in [-0.25, -0.2) is 8.42 Å². The molecular weight excluding hydrogens is 382 g/mol. The number of carbonyl (C=O) groups excluding carboxylic acids is 1. The van der Waals surface area contributed by atoms with Crippen molar-refractivity contribution in [2.75, 3.05) is 26.2 Å². The molecule has 0 saturated carbocycles. The van der Waals surface area contributed by atoms with E-state index in [0.29, 0.717) is 42.4 Å². The Morgan fingerprint density at radius 3 is 2.63 bits per heavy atom. The van der Waals surface area contributed by atoms with Crippen LogP contribution in [0.25, 0.3) is 10.9 Å². The lowest BCUT2D eigenvalue weighted by Gasteiger charge is -2.21. The summed E-state index contributed by atoms with van der Waals surface area (Å²) in [5.41, 5.74) is 1.68. The van der Waals surface area contributed by atoms with Crippen molar-refractivity contribution in [3.05, 3.63) is 53.5 Å². The number of amides is 1. The van der Waals surface area contributed by atoms with Gasteiger partial charge in [0.15, 0.2) is 0 Å². The van der Waals surface area contributed by atoms with E-state index in [4.69, 9.17) is 0 Å². The summed E-state index contributed by atoms with van der Waals surface area (Å²) >= 11 is 1.23. The second kappa shape index (κ2) is 7.10. The monoisotopic (exact) mass is 403 g/mol. The van der Waals surface area contributed by atoms with Gasteiger partial charge in [-0.05, 0) is 23.9 Å². The van der Waals surface area contributed by atoms with Gasteiger partial charge in [-0.3, -0.25) is 4.79 Å². The molecular formula is C19H21N3O3S2. The van der Waals surface area contributed by atoms with Gasteiger partial charge < -0.3 is 9.47 Å². The number of carbonyl (C=O) groups is 1. The zero-order chi connectivity index (χ0) is 19.0. The Morgan fingerprint density at radius 1 is 1.04 bits per heavy atom. The quantitative estimate of drug-likeness (QED) is 0.676. The van der Waals surface area contributed by atoms with Crippen LogP contribution in [0.4, 0.5) is 0 Å². The van der Waals surface area contributed by atoms with Crippen LogP contribution in [0.5, 0.6) is 0 Å². The number of para-hydroxylation sites is 1. The first-order chi connectivity index (χ1) is 13.0. The molecule has 0 bridgehead atoms. The summed E-state index contributed by atoms with van der Waals surface area (Å²) in [6.07, 6.45) is 2.49. The van der Waals surface area contributed by atoms with Crippen molar-refractivity contribution in [2.24, 2.45) is 7.05 Å². The van der Waals surface area contributed by atoms with Crippen LogP contribution in [0, 0.1) is 0 Å². The predicted octanol–water partition coefficient (Wildman–Crippen LogP) is 2.78. The Labute approximate surface area is 162 Å². The fraction of sp³-hybridized carbons (Fsp3) is 0.316. The summed E-state index contributed by atoms with van der Waals surface area (Å²) < 4.78 is 29.3. The largest absolute Gasteiger partial charge is 0.350 e. The van der Waals surface area contributed by atoms with Crippen molar-refractivity contribution >= 4 is 38.2 Å². The van der Waals surface area contributed by atoms with E-state index in [9.17, 15) is 13.2 Å². The Kier molecular flexibility index (Phi) is 4.79. The lowest BCUT2D eigenvalue weighted by atomic mass is 10.1. The Morgan fingerprint density at radius 2 is 1.85 bits per heavy atom. The highest BCUT2D eigenvalue weighted by atomic mass is 32.2. The fourth-order valence-electron chi connectivity index (χ4n) is 3.56. The number of fused-ring (bicyclic) bond motifs is 1. The van der Waals surface area contributed by atoms with Gasteiger partial charge in [-0.1, -0.05) is 24.3 Å². The maximum absolute atomic E-state index is 13.1. The maximum Gasteiger partial charge on any atom is 0.256 e. The van der Waals surface area contributed by atoms with E-state index in [-0.39, 0.29) is 5.91 Å². The minimum atomic E-state index is -3.48. The molecule has 1 fully saturated rings. The normalized spacial score (nSPS) is 16.6. The number of rotatable bonds is 3. The molecule has 0 radical (unpaired) electrons. The zero-order valence-electron chi connectivity index (χ0n) is 15.0. The first-order valence-corrected chi connectivity index (χ1v) is 11.2. The van der Waals surface area contributed by atoms with Crippen molar-refractivity contribution in [2.45, 2.75) is 10.6 Å². The molecule has 3 heterocycles. The molecule has 142 valence electrons. The molecule has 0 aliphatic carbocycles. The minimum Gasteiger partial charge on any atom is -0.350 e. The molecule has 3 aromatic rings. The average molecular weight is 404 g/mol. The number of aromatic nitrogens is 1. The van der Waals surface area contributed by atoms with Crippen molar-refractivity contribution in [1.29, 1.82) is 0 Å². The summed E-state index contributed by atoms with van der Waals surface area (Å²) in [5, 5.41) is 2.69. The van der Waals surface area contributed by atoms with Gasteiger partial charge in [0.05, 0.1) is 5.56 Å². The molecule has 1 aliphatic heterocycles. The number of nitrogens with zero attached hydrogens (tertiary/aromatic N) is 3. The molecule has 2 aromatic heterocycles. The van der Waals surface area contributed by atoms with Gasteiger partial charge in [-0.15, -0.1) is 11.3 Å². The molecule has 1 aliphatic rings. The third kappa shape index (κ3) is 3.28. The Bertz CT molecular complexity index is 1070. The number of hydrogen-bond acceptors (Lipinski definition) is 4. The summed E-state index contributed by atoms with van der Waals surface area (Å²) in [7, 11) is -1.55. The smallest absolute Gasteiger partial charge is 0.256 e. The van der Waals surface area contributed by atoms with E-state index in [2.05, 4.69) is 0 Å². The van der Waals surface area contributed by atoms with Crippen LogP contribution in [-0.2, 0) is 17.1 Å². The third-order valence-electron chi connectivity index (χ3n) is 4.96. The predicted molar refractivity (Wildman–Crippen MR) is 107 cm³/mol. The molecule has 4 rings (SSSR count). The molecule has 1 aromatic carbocycles. The second-order valence-corrected chi connectivity index (χ2v) is 9.77. The molecule has 1 saturated heterocycles. The lowest BCUT2D eigenvalue weighted by molar-refractivity contribution is 0.0766. The Balaban J connectivity index is 1.55. The van der Waals surface area contributed by atoms with Crippen LogP contribution < -0.4 is 0 Å². The highest BCUT2D eigenvalue weighted by Crippen LogP contribution is 2.24. The molecule has 0 N–H and O–H groups in total. The van der Waals surface area contributed by atoms with Crippen molar-refractivity contribution in [3.63, 3.8) is 0 Å². The van der Waals surface area contributed by atoms with E-state index in [1.165, 1.54) is 15.6 Å². The van der Waals surface area contributed by atoms with Crippen LogP contribution in [-0.4, -0.2) is 54.3 Å². The Hall–Kier alpha value is -2.16. The highest BCUT2D eigenvalue weighted by Gasteiger charge is 2.29. The van der Waals surface area contributed by atoms with Gasteiger partial charge in [0.2, 0.25) is 0 Å². The third-order valence-corrected chi connectivity index (χ3v) is 8.23. The van der Waals surface area contributed by atoms with Crippen molar-refractivity contribution in [1.82, 2.24) is 13.8 Å². The standard InChI is InChI=1S/C19H21N3O3S2/c1-20-14-16(15-6-2-3-7-17(15)20)19(23)21-9-5-10-22(12-11-21)27(24,25)18-8-4-13-26-18/h2-4,6-8,13-14H,5,9-12H2,1H3. The van der Waals surface area contributed by atoms with Gasteiger partial charge in [0.1, 0.15) is 4.21 Å². The van der Waals surface area contributed by atoms with Crippen LogP contribution in [0.3, 0.4) is 0 Å². The molecule has 0 spiro atoms. The van der Waals surface area contributed by atoms with Gasteiger partial charge in [0.25, 0.3) is 15.9 Å². The van der Waals surface area contributed by atoms with E-state index in [0.717, 1.165) is 10.9 Å². The molecule has 1 amide bonds. The van der Waals surface area contributed by atoms with Crippen LogP contribution in [0.15, 0.2) is 52.2 Å². The molecule has 0 unspecified atom stereocenters. The molecule has 27 heavy (non-hydrogen) atoms. The molecule has 8 heteroatoms. The SMILES string of the molecule is Cn1cc(C(=O)N2CCCN(S(=O)(=O)c3cccs3)CC2)c2ccccc21. The summed E-state index contributed by atoms with van der Waals surface area (Å²) in [6, 6.07) is 11.2. The topological polar surface area (TPSA) is 62.6 Å². The summed E-state index contributed by atoms with van der Waals surface area (Å²) in [4.78, 5) is 14.9. The van der Waals surface area contributed by atoms with E-state index in [1.54, 1.807) is 22.4 Å². The van der Waals surface area contributed by atoms with Gasteiger partial charge in [0, 0.05) is 50.3 Å².